The van der Waals surface area contributed by atoms with E-state index in [9.17, 15) is 0 Å². The Kier molecular flexibility index (Phi) is 6.72. The molecule has 1 aromatic carbocycles. The van der Waals surface area contributed by atoms with Gasteiger partial charge in [0.2, 0.25) is 0 Å². The summed E-state index contributed by atoms with van der Waals surface area (Å²) in [7, 11) is 1.80. The number of ether oxygens (including phenoxy) is 1. The van der Waals surface area contributed by atoms with Crippen molar-refractivity contribution in [2.75, 3.05) is 12.4 Å². The van der Waals surface area contributed by atoms with Crippen LogP contribution in [0.3, 0.4) is 0 Å². The minimum absolute atomic E-state index is 0.237. The molecule has 1 fully saturated rings. The SMILES string of the molecule is COC1CCC(/N=c2\cc3n(-c4ccc(Cl)cc4)c4c(nc-3cc2Nc2cnccn2)=CCCC=4)CC1. The molecule has 1 aliphatic heterocycles. The second kappa shape index (κ2) is 10.4. The fourth-order valence-electron chi connectivity index (χ4n) is 5.24. The molecule has 1 N–H and O–H groups in total. The van der Waals surface area contributed by atoms with E-state index in [1.807, 2.05) is 12.1 Å². The maximum atomic E-state index is 6.23. The van der Waals surface area contributed by atoms with Gasteiger partial charge >= 0.3 is 0 Å². The molecule has 0 spiro atoms. The average molecular weight is 513 g/mol. The lowest BCUT2D eigenvalue weighted by Crippen LogP contribution is -2.40. The van der Waals surface area contributed by atoms with Crippen LogP contribution in [0.4, 0.5) is 11.5 Å². The van der Waals surface area contributed by atoms with Crippen LogP contribution in [-0.4, -0.2) is 38.8 Å². The van der Waals surface area contributed by atoms with E-state index < -0.39 is 0 Å². The van der Waals surface area contributed by atoms with E-state index in [0.717, 1.165) is 77.3 Å². The summed E-state index contributed by atoms with van der Waals surface area (Å²) in [5.41, 5.74) is 3.80. The van der Waals surface area contributed by atoms with Crippen LogP contribution in [0.25, 0.3) is 29.2 Å². The molecule has 0 bridgehead atoms. The molecule has 0 amide bonds. The van der Waals surface area contributed by atoms with E-state index in [1.54, 1.807) is 25.7 Å². The number of halogens is 1. The Morgan fingerprint density at radius 3 is 2.59 bits per heavy atom. The Morgan fingerprint density at radius 1 is 1.03 bits per heavy atom. The number of methoxy groups -OCH3 is 1. The fraction of sp³-hybridized carbons (Fsp3) is 0.310. The zero-order valence-electron chi connectivity index (χ0n) is 20.8. The van der Waals surface area contributed by atoms with Crippen LogP contribution in [0, 0.1) is 0 Å². The zero-order chi connectivity index (χ0) is 25.2. The first-order valence-corrected chi connectivity index (χ1v) is 13.2. The monoisotopic (exact) mass is 512 g/mol. The second-order valence-electron chi connectivity index (χ2n) is 9.55. The molecule has 1 saturated carbocycles. The zero-order valence-corrected chi connectivity index (χ0v) is 21.5. The van der Waals surface area contributed by atoms with E-state index in [2.05, 4.69) is 56.3 Å². The molecule has 8 heteroatoms. The van der Waals surface area contributed by atoms with Crippen LogP contribution in [0.5, 0.6) is 0 Å². The summed E-state index contributed by atoms with van der Waals surface area (Å²) in [6.07, 6.45) is 15.9. The van der Waals surface area contributed by atoms with Gasteiger partial charge in [0.25, 0.3) is 0 Å². The molecular formula is C29H29ClN6O. The quantitative estimate of drug-likeness (QED) is 0.429. The number of aromatic nitrogens is 4. The van der Waals surface area contributed by atoms with Crippen LogP contribution >= 0.6 is 11.6 Å². The van der Waals surface area contributed by atoms with Gasteiger partial charge in [-0.2, -0.15) is 0 Å². The molecular weight excluding hydrogens is 484 g/mol. The summed E-state index contributed by atoms with van der Waals surface area (Å²) in [4.78, 5) is 19.0. The summed E-state index contributed by atoms with van der Waals surface area (Å²) in [6.45, 7) is 0. The number of nitrogens with one attached hydrogen (secondary N) is 1. The molecule has 0 unspecified atom stereocenters. The van der Waals surface area contributed by atoms with Gasteiger partial charge in [-0.25, -0.2) is 9.97 Å². The Labute approximate surface area is 220 Å². The minimum atomic E-state index is 0.237. The molecule has 3 aliphatic carbocycles. The van der Waals surface area contributed by atoms with Gasteiger partial charge in [0.15, 0.2) is 0 Å². The van der Waals surface area contributed by atoms with Crippen molar-refractivity contribution in [3.8, 4) is 17.1 Å². The molecule has 7 nitrogen and oxygen atoms in total. The Balaban J connectivity index is 1.57. The van der Waals surface area contributed by atoms with Crippen molar-refractivity contribution in [2.45, 2.75) is 50.7 Å². The Bertz CT molecular complexity index is 1560. The lowest BCUT2D eigenvalue weighted by molar-refractivity contribution is 0.0663. The topological polar surface area (TPSA) is 77.2 Å². The number of hydrogen-bond donors (Lipinski definition) is 1. The van der Waals surface area contributed by atoms with Crippen molar-refractivity contribution in [1.29, 1.82) is 0 Å². The summed E-state index contributed by atoms with van der Waals surface area (Å²) >= 11 is 6.23. The number of hydrogen-bond acceptors (Lipinski definition) is 6. The van der Waals surface area contributed by atoms with Gasteiger partial charge in [-0.1, -0.05) is 23.8 Å². The minimum Gasteiger partial charge on any atom is -0.381 e. The summed E-state index contributed by atoms with van der Waals surface area (Å²) in [5.74, 6) is 0.671. The van der Waals surface area contributed by atoms with Gasteiger partial charge in [-0.15, -0.1) is 0 Å². The maximum Gasteiger partial charge on any atom is 0.148 e. The number of nitrogens with zero attached hydrogens (tertiary/aromatic N) is 5. The van der Waals surface area contributed by atoms with Crippen molar-refractivity contribution in [3.63, 3.8) is 0 Å². The van der Waals surface area contributed by atoms with Crippen molar-refractivity contribution in [3.05, 3.63) is 76.1 Å². The van der Waals surface area contributed by atoms with Crippen molar-refractivity contribution < 1.29 is 4.74 Å². The molecule has 1 aromatic heterocycles. The number of anilines is 2. The molecule has 0 radical (unpaired) electrons. The van der Waals surface area contributed by atoms with Gasteiger partial charge in [0.05, 0.1) is 51.5 Å². The maximum absolute atomic E-state index is 6.23. The smallest absolute Gasteiger partial charge is 0.148 e. The van der Waals surface area contributed by atoms with E-state index in [1.165, 1.54) is 0 Å². The summed E-state index contributed by atoms with van der Waals surface area (Å²) in [5, 5.41) is 7.14. The fourth-order valence-corrected chi connectivity index (χ4v) is 5.36. The van der Waals surface area contributed by atoms with Gasteiger partial charge in [-0.3, -0.25) is 9.98 Å². The highest BCUT2D eigenvalue weighted by molar-refractivity contribution is 6.30. The van der Waals surface area contributed by atoms with E-state index in [-0.39, 0.29) is 6.04 Å². The number of fused-ring (bicyclic) bond motifs is 2. The number of benzene rings is 2. The van der Waals surface area contributed by atoms with Gasteiger partial charge < -0.3 is 14.6 Å². The summed E-state index contributed by atoms with van der Waals surface area (Å²) in [6, 6.07) is 12.4. The molecule has 188 valence electrons. The normalized spacial score (nSPS) is 19.7. The highest BCUT2D eigenvalue weighted by Gasteiger charge is 2.21. The average Bonchev–Trinajstić information content (AvgIpc) is 2.94. The highest BCUT2D eigenvalue weighted by atomic mass is 35.5. The molecule has 6 rings (SSSR count). The van der Waals surface area contributed by atoms with Crippen LogP contribution in [-0.2, 0) is 4.74 Å². The highest BCUT2D eigenvalue weighted by Crippen LogP contribution is 2.26. The van der Waals surface area contributed by atoms with Crippen LogP contribution in [0.1, 0.15) is 38.5 Å². The van der Waals surface area contributed by atoms with Crippen LogP contribution in [0.15, 0.2) is 60.0 Å². The molecule has 2 heterocycles. The summed E-state index contributed by atoms with van der Waals surface area (Å²) < 4.78 is 7.85. The molecule has 2 aromatic rings. The van der Waals surface area contributed by atoms with E-state index >= 15 is 0 Å². The van der Waals surface area contributed by atoms with E-state index in [0.29, 0.717) is 16.9 Å². The molecule has 4 aliphatic rings. The molecule has 0 atom stereocenters. The number of rotatable bonds is 5. The Hall–Kier alpha value is -3.55. The predicted molar refractivity (Wildman–Crippen MR) is 147 cm³/mol. The van der Waals surface area contributed by atoms with Crippen molar-refractivity contribution in [2.24, 2.45) is 4.99 Å². The van der Waals surface area contributed by atoms with Gasteiger partial charge in [0, 0.05) is 30.2 Å². The van der Waals surface area contributed by atoms with Gasteiger partial charge in [-0.05, 0) is 74.9 Å². The first kappa shape index (κ1) is 23.8. The van der Waals surface area contributed by atoms with Crippen molar-refractivity contribution in [1.82, 2.24) is 19.5 Å². The third-order valence-electron chi connectivity index (χ3n) is 7.13. The van der Waals surface area contributed by atoms with Crippen LogP contribution < -0.4 is 21.4 Å². The van der Waals surface area contributed by atoms with E-state index in [4.69, 9.17) is 26.3 Å². The Morgan fingerprint density at radius 2 is 1.84 bits per heavy atom. The standard InChI is InChI=1S/C29H29ClN6O/c1-37-22-12-8-20(9-13-22)33-25-17-28-26(16-24(25)35-29-18-31-14-15-32-29)34-23-4-2-3-5-27(23)36(28)21-10-6-19(30)7-11-21/h4-7,10-11,14-18,20,22H,2-3,8-9,12-13H2,1H3,(H,32,35)/b33-25+. The molecule has 0 saturated heterocycles. The lowest BCUT2D eigenvalue weighted by atomic mass is 9.93. The third kappa shape index (κ3) is 5.02. The molecule has 37 heavy (non-hydrogen) atoms. The second-order valence-corrected chi connectivity index (χ2v) is 9.99. The largest absolute Gasteiger partial charge is 0.381 e. The van der Waals surface area contributed by atoms with Crippen LogP contribution in [0.2, 0.25) is 5.02 Å². The first-order valence-electron chi connectivity index (χ1n) is 12.8. The first-order chi connectivity index (χ1) is 18.2. The lowest BCUT2D eigenvalue weighted by Gasteiger charge is -2.25. The third-order valence-corrected chi connectivity index (χ3v) is 7.38. The van der Waals surface area contributed by atoms with Gasteiger partial charge in [0.1, 0.15) is 5.82 Å². The van der Waals surface area contributed by atoms with Crippen molar-refractivity contribution >= 4 is 35.3 Å². The predicted octanol–water partition coefficient (Wildman–Crippen LogP) is 4.38.